The summed E-state index contributed by atoms with van der Waals surface area (Å²) in [6.45, 7) is 1.99. The second kappa shape index (κ2) is 5.42. The molecule has 100 valence electrons. The highest BCUT2D eigenvalue weighted by molar-refractivity contribution is 9.10. The lowest BCUT2D eigenvalue weighted by Crippen LogP contribution is -1.90. The van der Waals surface area contributed by atoms with E-state index < -0.39 is 0 Å². The van der Waals surface area contributed by atoms with Gasteiger partial charge >= 0.3 is 0 Å². The topological polar surface area (TPSA) is 51.8 Å². The first kappa shape index (κ1) is 13.4. The van der Waals surface area contributed by atoms with Gasteiger partial charge in [-0.15, -0.1) is 0 Å². The number of aromatic nitrogens is 2. The molecule has 3 aromatic rings. The van der Waals surface area contributed by atoms with Crippen LogP contribution in [0.3, 0.4) is 0 Å². The number of aryl methyl sites for hydroxylation is 1. The van der Waals surface area contributed by atoms with Gasteiger partial charge in [-0.2, -0.15) is 0 Å². The smallest absolute Gasteiger partial charge is 0.115 e. The van der Waals surface area contributed by atoms with E-state index in [0.717, 1.165) is 36.7 Å². The predicted octanol–water partition coefficient (Wildman–Crippen LogP) is 4.43. The van der Waals surface area contributed by atoms with Gasteiger partial charge in [-0.25, -0.2) is 4.98 Å². The standard InChI is InChI=1S/C15H12BrN3S/c1-9-7-14(20-15-12(16)3-2-6-18-15)11-8-10(17)4-5-13(11)19-9/h2-8H,17H2,1H3. The van der Waals surface area contributed by atoms with Crippen molar-refractivity contribution in [1.82, 2.24) is 9.97 Å². The SMILES string of the molecule is Cc1cc(Sc2ncccc2Br)c2cc(N)ccc2n1. The zero-order valence-electron chi connectivity index (χ0n) is 10.8. The predicted molar refractivity (Wildman–Crippen MR) is 87.0 cm³/mol. The maximum atomic E-state index is 5.89. The molecule has 1 aromatic carbocycles. The number of nitrogens with zero attached hydrogens (tertiary/aromatic N) is 2. The molecule has 0 aliphatic heterocycles. The Kier molecular flexibility index (Phi) is 3.63. The summed E-state index contributed by atoms with van der Waals surface area (Å²) in [5, 5.41) is 1.99. The van der Waals surface area contributed by atoms with E-state index in [-0.39, 0.29) is 0 Å². The summed E-state index contributed by atoms with van der Waals surface area (Å²) in [7, 11) is 0. The van der Waals surface area contributed by atoms with Crippen molar-refractivity contribution in [3.8, 4) is 0 Å². The number of hydrogen-bond acceptors (Lipinski definition) is 4. The fraction of sp³-hybridized carbons (Fsp3) is 0.0667. The molecule has 0 fully saturated rings. The monoisotopic (exact) mass is 345 g/mol. The van der Waals surface area contributed by atoms with Crippen molar-refractivity contribution in [2.24, 2.45) is 0 Å². The molecule has 0 aliphatic rings. The second-order valence-corrected chi connectivity index (χ2v) is 6.32. The Morgan fingerprint density at radius 2 is 2.05 bits per heavy atom. The van der Waals surface area contributed by atoms with Crippen LogP contribution in [0.25, 0.3) is 10.9 Å². The van der Waals surface area contributed by atoms with Crippen molar-refractivity contribution in [3.05, 3.63) is 52.8 Å². The summed E-state index contributed by atoms with van der Waals surface area (Å²) in [5.74, 6) is 0. The molecular formula is C15H12BrN3S. The van der Waals surface area contributed by atoms with Crippen LogP contribution in [-0.4, -0.2) is 9.97 Å². The average Bonchev–Trinajstić information content (AvgIpc) is 2.42. The Hall–Kier alpha value is -1.59. The van der Waals surface area contributed by atoms with E-state index in [1.165, 1.54) is 0 Å². The molecule has 20 heavy (non-hydrogen) atoms. The van der Waals surface area contributed by atoms with Crippen molar-refractivity contribution in [2.75, 3.05) is 5.73 Å². The molecule has 0 amide bonds. The van der Waals surface area contributed by atoms with Gasteiger partial charge in [-0.3, -0.25) is 4.98 Å². The van der Waals surface area contributed by atoms with E-state index in [4.69, 9.17) is 5.73 Å². The molecule has 0 spiro atoms. The van der Waals surface area contributed by atoms with Crippen LogP contribution in [0.4, 0.5) is 5.69 Å². The number of pyridine rings is 2. The van der Waals surface area contributed by atoms with Crippen molar-refractivity contribution >= 4 is 44.3 Å². The lowest BCUT2D eigenvalue weighted by atomic mass is 10.2. The number of benzene rings is 1. The highest BCUT2D eigenvalue weighted by Crippen LogP contribution is 2.36. The lowest BCUT2D eigenvalue weighted by Gasteiger charge is -2.08. The highest BCUT2D eigenvalue weighted by Gasteiger charge is 2.09. The molecule has 0 bridgehead atoms. The molecule has 3 nitrogen and oxygen atoms in total. The fourth-order valence-electron chi connectivity index (χ4n) is 1.97. The minimum Gasteiger partial charge on any atom is -0.399 e. The van der Waals surface area contributed by atoms with Gasteiger partial charge in [-0.1, -0.05) is 11.8 Å². The average molecular weight is 346 g/mol. The summed E-state index contributed by atoms with van der Waals surface area (Å²) >= 11 is 5.14. The van der Waals surface area contributed by atoms with E-state index >= 15 is 0 Å². The van der Waals surface area contributed by atoms with Crippen LogP contribution in [0.2, 0.25) is 0 Å². The van der Waals surface area contributed by atoms with Gasteiger partial charge < -0.3 is 5.73 Å². The Balaban J connectivity index is 2.15. The lowest BCUT2D eigenvalue weighted by molar-refractivity contribution is 1.11. The minimum atomic E-state index is 0.741. The number of nitrogens with two attached hydrogens (primary N) is 1. The number of anilines is 1. The van der Waals surface area contributed by atoms with E-state index in [9.17, 15) is 0 Å². The summed E-state index contributed by atoms with van der Waals surface area (Å²) < 4.78 is 0.983. The number of halogens is 1. The van der Waals surface area contributed by atoms with Crippen LogP contribution in [-0.2, 0) is 0 Å². The number of hydrogen-bond donors (Lipinski definition) is 1. The normalized spacial score (nSPS) is 10.9. The molecule has 0 aliphatic carbocycles. The summed E-state index contributed by atoms with van der Waals surface area (Å²) in [4.78, 5) is 10.0. The van der Waals surface area contributed by atoms with Crippen molar-refractivity contribution in [1.29, 1.82) is 0 Å². The van der Waals surface area contributed by atoms with E-state index in [1.54, 1.807) is 18.0 Å². The molecule has 0 radical (unpaired) electrons. The van der Waals surface area contributed by atoms with Gasteiger partial charge in [0, 0.05) is 27.9 Å². The second-order valence-electron chi connectivity index (χ2n) is 4.43. The largest absolute Gasteiger partial charge is 0.399 e. The molecule has 0 saturated carbocycles. The molecular weight excluding hydrogens is 334 g/mol. The van der Waals surface area contributed by atoms with Gasteiger partial charge in [0.05, 0.1) is 9.99 Å². The van der Waals surface area contributed by atoms with Crippen molar-refractivity contribution < 1.29 is 0 Å². The van der Waals surface area contributed by atoms with Crippen LogP contribution in [0.15, 0.2) is 57.0 Å². The molecule has 3 rings (SSSR count). The van der Waals surface area contributed by atoms with Gasteiger partial charge in [0.2, 0.25) is 0 Å². The molecule has 0 unspecified atom stereocenters. The van der Waals surface area contributed by atoms with Gasteiger partial charge in [0.15, 0.2) is 0 Å². The van der Waals surface area contributed by atoms with Crippen LogP contribution in [0.5, 0.6) is 0 Å². The van der Waals surface area contributed by atoms with Crippen LogP contribution >= 0.6 is 27.7 Å². The number of nitrogen functional groups attached to an aromatic ring is 1. The Labute approximate surface area is 129 Å². The van der Waals surface area contributed by atoms with E-state index in [1.807, 2.05) is 37.3 Å². The Bertz CT molecular complexity index is 789. The van der Waals surface area contributed by atoms with Gasteiger partial charge in [0.25, 0.3) is 0 Å². The Morgan fingerprint density at radius 1 is 1.20 bits per heavy atom. The van der Waals surface area contributed by atoms with Crippen LogP contribution in [0, 0.1) is 6.92 Å². The highest BCUT2D eigenvalue weighted by atomic mass is 79.9. The summed E-state index contributed by atoms with van der Waals surface area (Å²) in [6, 6.07) is 11.7. The quantitative estimate of drug-likeness (QED) is 0.697. The first-order chi connectivity index (χ1) is 9.63. The number of fused-ring (bicyclic) bond motifs is 1. The van der Waals surface area contributed by atoms with Gasteiger partial charge in [0.1, 0.15) is 5.03 Å². The maximum absolute atomic E-state index is 5.89. The van der Waals surface area contributed by atoms with Crippen molar-refractivity contribution in [3.63, 3.8) is 0 Å². The first-order valence-electron chi connectivity index (χ1n) is 6.09. The van der Waals surface area contributed by atoms with Gasteiger partial charge in [-0.05, 0) is 59.3 Å². The number of rotatable bonds is 2. The maximum Gasteiger partial charge on any atom is 0.115 e. The zero-order chi connectivity index (χ0) is 14.1. The van der Waals surface area contributed by atoms with Crippen LogP contribution < -0.4 is 5.73 Å². The zero-order valence-corrected chi connectivity index (χ0v) is 13.2. The van der Waals surface area contributed by atoms with Crippen LogP contribution in [0.1, 0.15) is 5.69 Å². The molecule has 0 atom stereocenters. The molecule has 2 aromatic heterocycles. The van der Waals surface area contributed by atoms with Crippen molar-refractivity contribution in [2.45, 2.75) is 16.8 Å². The third-order valence-corrected chi connectivity index (χ3v) is 4.83. The van der Waals surface area contributed by atoms with E-state index in [2.05, 4.69) is 32.0 Å². The minimum absolute atomic E-state index is 0.741. The summed E-state index contributed by atoms with van der Waals surface area (Å²) in [6.07, 6.45) is 1.79. The fourth-order valence-corrected chi connectivity index (χ4v) is 3.46. The van der Waals surface area contributed by atoms with E-state index in [0.29, 0.717) is 0 Å². The molecule has 5 heteroatoms. The first-order valence-corrected chi connectivity index (χ1v) is 7.70. The molecule has 2 N–H and O–H groups in total. The third kappa shape index (κ3) is 2.64. The Morgan fingerprint density at radius 3 is 2.85 bits per heavy atom. The third-order valence-electron chi connectivity index (χ3n) is 2.85. The summed E-state index contributed by atoms with van der Waals surface area (Å²) in [5.41, 5.74) is 8.57. The molecule has 2 heterocycles. The molecule has 0 saturated heterocycles.